The minimum atomic E-state index is -0.774. The molecule has 0 aromatic heterocycles. The van der Waals surface area contributed by atoms with Gasteiger partial charge in [0, 0.05) is 23.0 Å². The van der Waals surface area contributed by atoms with Crippen molar-refractivity contribution >= 4 is 67.2 Å². The Balaban J connectivity index is 2.00. The summed E-state index contributed by atoms with van der Waals surface area (Å²) in [6.07, 6.45) is 1.47. The van der Waals surface area contributed by atoms with Crippen molar-refractivity contribution in [2.75, 3.05) is 23.9 Å². The van der Waals surface area contributed by atoms with Crippen LogP contribution in [0.5, 0.6) is 0 Å². The lowest BCUT2D eigenvalue weighted by atomic mass is 10.1. The largest absolute Gasteiger partial charge is 0.377 e. The lowest BCUT2D eigenvalue weighted by molar-refractivity contribution is -0.122. The van der Waals surface area contributed by atoms with Crippen molar-refractivity contribution in [3.8, 4) is 0 Å². The van der Waals surface area contributed by atoms with Crippen LogP contribution in [0.1, 0.15) is 5.56 Å². The van der Waals surface area contributed by atoms with Gasteiger partial charge in [0.25, 0.3) is 11.8 Å². The third kappa shape index (κ3) is 3.96. The fraction of sp³-hybridized carbons (Fsp3) is 0.105. The Labute approximate surface area is 173 Å². The minimum absolute atomic E-state index is 0.112. The van der Waals surface area contributed by atoms with E-state index in [1.807, 2.05) is 31.1 Å². The zero-order valence-corrected chi connectivity index (χ0v) is 17.7. The van der Waals surface area contributed by atoms with Crippen molar-refractivity contribution in [3.05, 3.63) is 62.5 Å². The number of barbiturate groups is 1. The molecule has 8 heteroatoms. The standard InChI is InChI=1S/C19H15Br2N3O3/c1-23(2)16-7-6-11(9-15(16)21)8-14-17(25)22-19(27)24(18(14)26)13-5-3-4-12(20)10-13/h3-10H,1-2H3,(H,22,25,27)/b14-8+. The fourth-order valence-corrected chi connectivity index (χ4v) is 3.79. The topological polar surface area (TPSA) is 69.7 Å². The van der Waals surface area contributed by atoms with Gasteiger partial charge < -0.3 is 4.90 Å². The first-order valence-corrected chi connectivity index (χ1v) is 9.50. The second kappa shape index (κ2) is 7.66. The number of urea groups is 1. The van der Waals surface area contributed by atoms with Crippen molar-refractivity contribution < 1.29 is 14.4 Å². The van der Waals surface area contributed by atoms with Crippen LogP contribution in [-0.2, 0) is 9.59 Å². The second-order valence-electron chi connectivity index (χ2n) is 6.04. The number of halogens is 2. The van der Waals surface area contributed by atoms with Crippen LogP contribution in [0.3, 0.4) is 0 Å². The smallest absolute Gasteiger partial charge is 0.335 e. The molecule has 1 saturated heterocycles. The van der Waals surface area contributed by atoms with Gasteiger partial charge in [0.1, 0.15) is 5.57 Å². The van der Waals surface area contributed by atoms with Gasteiger partial charge in [-0.2, -0.15) is 0 Å². The number of nitrogens with one attached hydrogen (secondary N) is 1. The molecule has 1 fully saturated rings. The highest BCUT2D eigenvalue weighted by molar-refractivity contribution is 9.10. The molecule has 0 spiro atoms. The summed E-state index contributed by atoms with van der Waals surface area (Å²) in [5.41, 5.74) is 1.88. The van der Waals surface area contributed by atoms with E-state index in [0.29, 0.717) is 15.7 Å². The number of anilines is 2. The number of imide groups is 2. The highest BCUT2D eigenvalue weighted by Gasteiger charge is 2.36. The monoisotopic (exact) mass is 491 g/mol. The molecule has 1 aliphatic heterocycles. The maximum Gasteiger partial charge on any atom is 0.335 e. The minimum Gasteiger partial charge on any atom is -0.377 e. The van der Waals surface area contributed by atoms with E-state index in [0.717, 1.165) is 15.1 Å². The Morgan fingerprint density at radius 2 is 1.78 bits per heavy atom. The average Bonchev–Trinajstić information content (AvgIpc) is 2.58. The average molecular weight is 493 g/mol. The first kappa shape index (κ1) is 19.3. The quantitative estimate of drug-likeness (QED) is 0.520. The number of hydrogen-bond donors (Lipinski definition) is 1. The molecule has 0 radical (unpaired) electrons. The summed E-state index contributed by atoms with van der Waals surface area (Å²) in [7, 11) is 3.83. The Bertz CT molecular complexity index is 986. The van der Waals surface area contributed by atoms with Crippen molar-refractivity contribution in [2.24, 2.45) is 0 Å². The Hall–Kier alpha value is -2.45. The third-order valence-electron chi connectivity index (χ3n) is 3.93. The van der Waals surface area contributed by atoms with Crippen LogP contribution in [0.4, 0.5) is 16.2 Å². The summed E-state index contributed by atoms with van der Waals surface area (Å²) in [5, 5.41) is 2.22. The molecule has 1 N–H and O–H groups in total. The SMILES string of the molecule is CN(C)c1ccc(/C=C2\C(=O)NC(=O)N(c3cccc(Br)c3)C2=O)cc1Br. The van der Waals surface area contributed by atoms with E-state index >= 15 is 0 Å². The van der Waals surface area contributed by atoms with E-state index < -0.39 is 17.8 Å². The number of carbonyl (C=O) groups is 3. The molecule has 2 aromatic rings. The molecular weight excluding hydrogens is 478 g/mol. The summed E-state index contributed by atoms with van der Waals surface area (Å²) in [6.45, 7) is 0. The second-order valence-corrected chi connectivity index (χ2v) is 7.81. The number of benzene rings is 2. The van der Waals surface area contributed by atoms with Crippen LogP contribution in [0, 0.1) is 0 Å². The first-order valence-electron chi connectivity index (χ1n) is 7.92. The van der Waals surface area contributed by atoms with Crippen LogP contribution in [0.25, 0.3) is 6.08 Å². The summed E-state index contributed by atoms with van der Waals surface area (Å²) in [6, 6.07) is 11.4. The zero-order valence-electron chi connectivity index (χ0n) is 14.5. The lowest BCUT2D eigenvalue weighted by Crippen LogP contribution is -2.54. The number of carbonyl (C=O) groups excluding carboxylic acids is 3. The molecule has 0 aliphatic carbocycles. The van der Waals surface area contributed by atoms with Crippen LogP contribution in [0.2, 0.25) is 0 Å². The molecule has 27 heavy (non-hydrogen) atoms. The summed E-state index contributed by atoms with van der Waals surface area (Å²) in [5.74, 6) is -1.39. The Morgan fingerprint density at radius 1 is 1.04 bits per heavy atom. The van der Waals surface area contributed by atoms with Crippen LogP contribution in [-0.4, -0.2) is 31.9 Å². The van der Waals surface area contributed by atoms with Gasteiger partial charge in [0.05, 0.1) is 11.4 Å². The van der Waals surface area contributed by atoms with E-state index in [-0.39, 0.29) is 5.57 Å². The molecule has 0 bridgehead atoms. The fourth-order valence-electron chi connectivity index (χ4n) is 2.65. The number of rotatable bonds is 3. The molecular formula is C19H15Br2N3O3. The number of hydrogen-bond acceptors (Lipinski definition) is 4. The summed E-state index contributed by atoms with van der Waals surface area (Å²) < 4.78 is 1.54. The van der Waals surface area contributed by atoms with Crippen LogP contribution < -0.4 is 15.1 Å². The lowest BCUT2D eigenvalue weighted by Gasteiger charge is -2.26. The maximum atomic E-state index is 12.9. The maximum absolute atomic E-state index is 12.9. The van der Waals surface area contributed by atoms with E-state index in [1.165, 1.54) is 6.08 Å². The van der Waals surface area contributed by atoms with Gasteiger partial charge in [-0.25, -0.2) is 9.69 Å². The normalized spacial score (nSPS) is 15.9. The van der Waals surface area contributed by atoms with Crippen molar-refractivity contribution in [1.82, 2.24) is 5.32 Å². The highest BCUT2D eigenvalue weighted by Crippen LogP contribution is 2.28. The van der Waals surface area contributed by atoms with Gasteiger partial charge >= 0.3 is 6.03 Å². The van der Waals surface area contributed by atoms with Crippen LogP contribution >= 0.6 is 31.9 Å². The van der Waals surface area contributed by atoms with Gasteiger partial charge in [0.2, 0.25) is 0 Å². The molecule has 1 heterocycles. The van der Waals surface area contributed by atoms with E-state index in [4.69, 9.17) is 0 Å². The van der Waals surface area contributed by atoms with Crippen LogP contribution in [0.15, 0.2) is 57.0 Å². The predicted molar refractivity (Wildman–Crippen MR) is 112 cm³/mol. The van der Waals surface area contributed by atoms with E-state index in [1.54, 1.807) is 30.3 Å². The highest BCUT2D eigenvalue weighted by atomic mass is 79.9. The molecule has 3 rings (SSSR count). The molecule has 0 atom stereocenters. The Kier molecular flexibility index (Phi) is 5.48. The van der Waals surface area contributed by atoms with Gasteiger partial charge in [-0.05, 0) is 57.9 Å². The summed E-state index contributed by atoms with van der Waals surface area (Å²) >= 11 is 6.80. The van der Waals surface area contributed by atoms with Gasteiger partial charge in [0.15, 0.2) is 0 Å². The summed E-state index contributed by atoms with van der Waals surface area (Å²) in [4.78, 5) is 40.2. The molecule has 0 saturated carbocycles. The van der Waals surface area contributed by atoms with Gasteiger partial charge in [-0.15, -0.1) is 0 Å². The third-order valence-corrected chi connectivity index (χ3v) is 5.06. The van der Waals surface area contributed by atoms with Crippen molar-refractivity contribution in [2.45, 2.75) is 0 Å². The Morgan fingerprint density at radius 3 is 2.41 bits per heavy atom. The van der Waals surface area contributed by atoms with Gasteiger partial charge in [-0.1, -0.05) is 28.1 Å². The molecule has 138 valence electrons. The van der Waals surface area contributed by atoms with E-state index in [2.05, 4.69) is 37.2 Å². The van der Waals surface area contributed by atoms with E-state index in [9.17, 15) is 14.4 Å². The number of amides is 4. The zero-order chi connectivity index (χ0) is 19.7. The first-order chi connectivity index (χ1) is 12.8. The molecule has 1 aliphatic rings. The molecule has 6 nitrogen and oxygen atoms in total. The molecule has 2 aromatic carbocycles. The predicted octanol–water partition coefficient (Wildman–Crippen LogP) is 3.94. The number of nitrogens with zero attached hydrogens (tertiary/aromatic N) is 2. The van der Waals surface area contributed by atoms with Crippen molar-refractivity contribution in [3.63, 3.8) is 0 Å². The molecule has 4 amide bonds. The van der Waals surface area contributed by atoms with Crippen molar-refractivity contribution in [1.29, 1.82) is 0 Å². The van der Waals surface area contributed by atoms with Gasteiger partial charge in [-0.3, -0.25) is 14.9 Å². The molecule has 0 unspecified atom stereocenters.